The summed E-state index contributed by atoms with van der Waals surface area (Å²) in [6.07, 6.45) is 4.28. The van der Waals surface area contributed by atoms with Crippen molar-refractivity contribution >= 4 is 15.8 Å². The second-order valence-electron chi connectivity index (χ2n) is 5.21. The number of pyridine rings is 1. The number of rotatable bonds is 7. The minimum Gasteiger partial charge on any atom is -0.381 e. The highest BCUT2D eigenvalue weighted by Crippen LogP contribution is 2.16. The van der Waals surface area contributed by atoms with Gasteiger partial charge in [0.2, 0.25) is 10.0 Å². The summed E-state index contributed by atoms with van der Waals surface area (Å²) in [5, 5.41) is 3.09. The Balaban J connectivity index is 1.97. The molecule has 1 aliphatic heterocycles. The first-order chi connectivity index (χ1) is 10.1. The van der Waals surface area contributed by atoms with Gasteiger partial charge >= 0.3 is 0 Å². The van der Waals surface area contributed by atoms with Crippen LogP contribution in [0.15, 0.2) is 23.2 Å². The molecule has 6 nitrogen and oxygen atoms in total. The molecule has 0 aromatic carbocycles. The molecule has 0 aliphatic carbocycles. The monoisotopic (exact) mass is 313 g/mol. The molecule has 2 rings (SSSR count). The van der Waals surface area contributed by atoms with E-state index in [0.29, 0.717) is 31.5 Å². The highest BCUT2D eigenvalue weighted by molar-refractivity contribution is 7.89. The van der Waals surface area contributed by atoms with Gasteiger partial charge in [0.05, 0.1) is 4.90 Å². The normalized spacial score (nSPS) is 16.8. The minimum absolute atomic E-state index is 0.253. The Kier molecular flexibility index (Phi) is 5.96. The molecule has 0 atom stereocenters. The summed E-state index contributed by atoms with van der Waals surface area (Å²) in [4.78, 5) is 4.37. The van der Waals surface area contributed by atoms with Crippen LogP contribution < -0.4 is 10.0 Å². The van der Waals surface area contributed by atoms with E-state index in [1.165, 1.54) is 12.3 Å². The first-order valence-electron chi connectivity index (χ1n) is 7.39. The third-order valence-corrected chi connectivity index (χ3v) is 4.92. The SMILES string of the molecule is CCCNc1cc(S(=O)(=O)NCC2CCOCC2)ccn1. The zero-order valence-electron chi connectivity index (χ0n) is 12.3. The lowest BCUT2D eigenvalue weighted by atomic mass is 10.0. The van der Waals surface area contributed by atoms with Crippen LogP contribution in [-0.4, -0.2) is 39.7 Å². The maximum absolute atomic E-state index is 12.3. The van der Waals surface area contributed by atoms with Crippen LogP contribution in [0.5, 0.6) is 0 Å². The lowest BCUT2D eigenvalue weighted by Crippen LogP contribution is -2.32. The molecule has 0 unspecified atom stereocenters. The molecule has 0 bridgehead atoms. The van der Waals surface area contributed by atoms with Crippen LogP contribution in [0.2, 0.25) is 0 Å². The summed E-state index contributed by atoms with van der Waals surface area (Å²) in [6, 6.07) is 3.09. The van der Waals surface area contributed by atoms with Crippen LogP contribution in [0.3, 0.4) is 0 Å². The largest absolute Gasteiger partial charge is 0.381 e. The summed E-state index contributed by atoms with van der Waals surface area (Å²) in [7, 11) is -3.48. The van der Waals surface area contributed by atoms with Crippen LogP contribution in [-0.2, 0) is 14.8 Å². The van der Waals surface area contributed by atoms with E-state index in [2.05, 4.69) is 15.0 Å². The zero-order chi connectivity index (χ0) is 15.1. The van der Waals surface area contributed by atoms with Gasteiger partial charge in [0.1, 0.15) is 5.82 Å². The number of ether oxygens (including phenoxy) is 1. The second kappa shape index (κ2) is 7.72. The van der Waals surface area contributed by atoms with E-state index in [1.807, 2.05) is 6.92 Å². The zero-order valence-corrected chi connectivity index (χ0v) is 13.2. The van der Waals surface area contributed by atoms with E-state index >= 15 is 0 Å². The van der Waals surface area contributed by atoms with Crippen molar-refractivity contribution in [2.24, 2.45) is 5.92 Å². The van der Waals surface area contributed by atoms with E-state index in [9.17, 15) is 8.42 Å². The van der Waals surface area contributed by atoms with Crippen molar-refractivity contribution in [2.75, 3.05) is 31.6 Å². The molecule has 1 fully saturated rings. The molecule has 1 aromatic rings. The molecule has 2 heterocycles. The second-order valence-corrected chi connectivity index (χ2v) is 6.98. The highest BCUT2D eigenvalue weighted by Gasteiger charge is 2.19. The first kappa shape index (κ1) is 16.2. The van der Waals surface area contributed by atoms with E-state index in [-0.39, 0.29) is 4.90 Å². The number of nitrogens with zero attached hydrogens (tertiary/aromatic N) is 1. The fourth-order valence-electron chi connectivity index (χ4n) is 2.19. The Hall–Kier alpha value is -1.18. The third-order valence-electron chi connectivity index (χ3n) is 3.50. The van der Waals surface area contributed by atoms with Crippen LogP contribution >= 0.6 is 0 Å². The van der Waals surface area contributed by atoms with Gasteiger partial charge in [0, 0.05) is 38.6 Å². The molecule has 0 spiro atoms. The molecule has 1 aromatic heterocycles. The number of hydrogen-bond donors (Lipinski definition) is 2. The average Bonchev–Trinajstić information content (AvgIpc) is 2.52. The van der Waals surface area contributed by atoms with Crippen molar-refractivity contribution in [3.63, 3.8) is 0 Å². The first-order valence-corrected chi connectivity index (χ1v) is 8.87. The van der Waals surface area contributed by atoms with Gasteiger partial charge in [-0.3, -0.25) is 0 Å². The van der Waals surface area contributed by atoms with E-state index in [4.69, 9.17) is 4.74 Å². The third kappa shape index (κ3) is 4.94. The smallest absolute Gasteiger partial charge is 0.240 e. The number of hydrogen-bond acceptors (Lipinski definition) is 5. The average molecular weight is 313 g/mol. The molecule has 118 valence electrons. The van der Waals surface area contributed by atoms with Crippen molar-refractivity contribution in [1.82, 2.24) is 9.71 Å². The molecular weight excluding hydrogens is 290 g/mol. The topological polar surface area (TPSA) is 80.3 Å². The van der Waals surface area contributed by atoms with Gasteiger partial charge in [0.15, 0.2) is 0 Å². The molecule has 0 radical (unpaired) electrons. The maximum Gasteiger partial charge on any atom is 0.240 e. The fourth-order valence-corrected chi connectivity index (χ4v) is 3.32. The predicted octanol–water partition coefficient (Wildman–Crippen LogP) is 1.61. The van der Waals surface area contributed by atoms with Crippen LogP contribution in [0.4, 0.5) is 5.82 Å². The van der Waals surface area contributed by atoms with E-state index in [0.717, 1.165) is 25.8 Å². The van der Waals surface area contributed by atoms with Gasteiger partial charge in [-0.15, -0.1) is 0 Å². The van der Waals surface area contributed by atoms with Gasteiger partial charge < -0.3 is 10.1 Å². The summed E-state index contributed by atoms with van der Waals surface area (Å²) in [5.74, 6) is 0.943. The number of aromatic nitrogens is 1. The van der Waals surface area contributed by atoms with Gasteiger partial charge in [-0.2, -0.15) is 0 Å². The van der Waals surface area contributed by atoms with E-state index < -0.39 is 10.0 Å². The van der Waals surface area contributed by atoms with Gasteiger partial charge in [-0.05, 0) is 31.2 Å². The quantitative estimate of drug-likeness (QED) is 0.799. The van der Waals surface area contributed by atoms with Crippen molar-refractivity contribution in [2.45, 2.75) is 31.1 Å². The fraction of sp³-hybridized carbons (Fsp3) is 0.643. The van der Waals surface area contributed by atoms with Gasteiger partial charge in [-0.25, -0.2) is 18.1 Å². The number of nitrogens with one attached hydrogen (secondary N) is 2. The molecule has 7 heteroatoms. The lowest BCUT2D eigenvalue weighted by Gasteiger charge is -2.22. The van der Waals surface area contributed by atoms with Crippen molar-refractivity contribution in [3.8, 4) is 0 Å². The summed E-state index contributed by atoms with van der Waals surface area (Å²) < 4.78 is 32.6. The molecule has 2 N–H and O–H groups in total. The van der Waals surface area contributed by atoms with Crippen molar-refractivity contribution in [3.05, 3.63) is 18.3 Å². The summed E-state index contributed by atoms with van der Waals surface area (Å²) >= 11 is 0. The Morgan fingerprint density at radius 1 is 1.38 bits per heavy atom. The van der Waals surface area contributed by atoms with Crippen molar-refractivity contribution in [1.29, 1.82) is 0 Å². The van der Waals surface area contributed by atoms with Gasteiger partial charge in [0.25, 0.3) is 0 Å². The Morgan fingerprint density at radius 2 is 2.14 bits per heavy atom. The Labute approximate surface area is 126 Å². The Morgan fingerprint density at radius 3 is 2.86 bits per heavy atom. The summed E-state index contributed by atoms with van der Waals surface area (Å²) in [6.45, 7) is 4.71. The molecule has 21 heavy (non-hydrogen) atoms. The van der Waals surface area contributed by atoms with Crippen LogP contribution in [0.25, 0.3) is 0 Å². The molecular formula is C14H23N3O3S. The van der Waals surface area contributed by atoms with Crippen LogP contribution in [0.1, 0.15) is 26.2 Å². The Bertz CT molecular complexity index is 542. The van der Waals surface area contributed by atoms with Crippen molar-refractivity contribution < 1.29 is 13.2 Å². The van der Waals surface area contributed by atoms with E-state index in [1.54, 1.807) is 6.07 Å². The number of sulfonamides is 1. The predicted molar refractivity (Wildman–Crippen MR) is 81.7 cm³/mol. The molecule has 1 aliphatic rings. The number of anilines is 1. The molecule has 0 amide bonds. The molecule has 0 saturated carbocycles. The lowest BCUT2D eigenvalue weighted by molar-refractivity contribution is 0.0678. The highest BCUT2D eigenvalue weighted by atomic mass is 32.2. The molecule has 1 saturated heterocycles. The maximum atomic E-state index is 12.3. The summed E-state index contributed by atoms with van der Waals surface area (Å²) in [5.41, 5.74) is 0. The van der Waals surface area contributed by atoms with Gasteiger partial charge in [-0.1, -0.05) is 6.92 Å². The van der Waals surface area contributed by atoms with Crippen LogP contribution in [0, 0.1) is 5.92 Å². The standard InChI is InChI=1S/C14H23N3O3S/c1-2-6-15-14-10-13(3-7-16-14)21(18,19)17-11-12-4-8-20-9-5-12/h3,7,10,12,17H,2,4-6,8-9,11H2,1H3,(H,15,16). The minimum atomic E-state index is -3.48.